The van der Waals surface area contributed by atoms with Gasteiger partial charge < -0.3 is 4.74 Å². The normalized spacial score (nSPS) is 39.3. The number of hydrogen-bond acceptors (Lipinski definition) is 4. The van der Waals surface area contributed by atoms with E-state index in [0.29, 0.717) is 11.8 Å². The topological polar surface area (TPSA) is 51.1 Å². The number of nitrogens with zero attached hydrogens (tertiary/aromatic N) is 2. The van der Waals surface area contributed by atoms with Gasteiger partial charge in [0.05, 0.1) is 31.5 Å². The van der Waals surface area contributed by atoms with E-state index in [-0.39, 0.29) is 18.1 Å². The summed E-state index contributed by atoms with van der Waals surface area (Å²) in [5.41, 5.74) is 2.58. The highest BCUT2D eigenvalue weighted by atomic mass is 16.7. The lowest BCUT2D eigenvalue weighted by molar-refractivity contribution is -0.137. The van der Waals surface area contributed by atoms with Crippen LogP contribution >= 0.6 is 0 Å². The molecule has 4 aliphatic heterocycles. The van der Waals surface area contributed by atoms with Crippen LogP contribution in [-0.2, 0) is 19.8 Å². The first-order valence-electron chi connectivity index (χ1n) is 8.87. The minimum Gasteiger partial charge on any atom is -0.376 e. The van der Waals surface area contributed by atoms with E-state index in [1.807, 2.05) is 18.2 Å². The number of hydroxylamine groups is 1. The maximum atomic E-state index is 13.4. The molecule has 1 aromatic rings. The molecule has 0 N–H and O–H groups in total. The fourth-order valence-electron chi connectivity index (χ4n) is 5.46. The predicted molar refractivity (Wildman–Crippen MR) is 90.1 cm³/mol. The van der Waals surface area contributed by atoms with E-state index in [4.69, 9.17) is 14.6 Å². The van der Waals surface area contributed by atoms with Crippen molar-refractivity contribution >= 4 is 17.3 Å². The molecule has 4 heterocycles. The van der Waals surface area contributed by atoms with Crippen molar-refractivity contribution < 1.29 is 14.4 Å². The van der Waals surface area contributed by atoms with Crippen molar-refractivity contribution in [3.05, 3.63) is 29.8 Å². The molecule has 1 aromatic carbocycles. The molecule has 1 aliphatic carbocycles. The smallest absolute Gasteiger partial charge is 0.264 e. The van der Waals surface area contributed by atoms with Gasteiger partial charge in [0.1, 0.15) is 5.41 Å². The average molecular weight is 326 g/mol. The molecule has 1 amide bonds. The fourth-order valence-corrected chi connectivity index (χ4v) is 5.46. The van der Waals surface area contributed by atoms with Crippen molar-refractivity contribution in [2.24, 2.45) is 16.8 Å². The van der Waals surface area contributed by atoms with Gasteiger partial charge in [-0.05, 0) is 30.9 Å². The zero-order chi connectivity index (χ0) is 16.5. The van der Waals surface area contributed by atoms with E-state index in [0.717, 1.165) is 37.1 Å². The second kappa shape index (κ2) is 4.90. The number of amides is 1. The average Bonchev–Trinajstić information content (AvgIpc) is 2.96. The number of ether oxygens (including phenoxy) is 1. The molecule has 1 saturated carbocycles. The first-order chi connectivity index (χ1) is 11.7. The Hall–Kier alpha value is -1.72. The first kappa shape index (κ1) is 14.6. The molecule has 0 aromatic heterocycles. The highest BCUT2D eigenvalue weighted by molar-refractivity contribution is 6.07. The summed E-state index contributed by atoms with van der Waals surface area (Å²) >= 11 is 0. The van der Waals surface area contributed by atoms with Gasteiger partial charge in [0.25, 0.3) is 5.91 Å². The van der Waals surface area contributed by atoms with Gasteiger partial charge in [0.2, 0.25) is 0 Å². The molecule has 126 valence electrons. The quantitative estimate of drug-likeness (QED) is 0.839. The fraction of sp³-hybridized carbons (Fsp3) is 0.579. The number of fused-ring (bicyclic) bond motifs is 2. The summed E-state index contributed by atoms with van der Waals surface area (Å²) in [4.78, 5) is 23.9. The summed E-state index contributed by atoms with van der Waals surface area (Å²) in [7, 11) is 1.56. The molecule has 1 unspecified atom stereocenters. The maximum absolute atomic E-state index is 13.4. The van der Waals surface area contributed by atoms with Gasteiger partial charge in [0, 0.05) is 17.5 Å². The Morgan fingerprint density at radius 3 is 3.04 bits per heavy atom. The van der Waals surface area contributed by atoms with Crippen LogP contribution < -0.4 is 5.06 Å². The Balaban J connectivity index is 1.69. The number of aliphatic imine (C=N–C) groups is 1. The molecule has 3 fully saturated rings. The van der Waals surface area contributed by atoms with E-state index >= 15 is 0 Å². The molecule has 4 bridgehead atoms. The highest BCUT2D eigenvalue weighted by Gasteiger charge is 2.64. The first-order valence-corrected chi connectivity index (χ1v) is 8.87. The number of carbonyl (C=O) groups excluding carboxylic acids is 1. The van der Waals surface area contributed by atoms with Crippen LogP contribution in [0.2, 0.25) is 0 Å². The monoisotopic (exact) mass is 326 g/mol. The van der Waals surface area contributed by atoms with Gasteiger partial charge in [-0.3, -0.25) is 14.6 Å². The summed E-state index contributed by atoms with van der Waals surface area (Å²) in [6.07, 6.45) is 2.55. The van der Waals surface area contributed by atoms with Crippen molar-refractivity contribution in [2.45, 2.75) is 43.7 Å². The van der Waals surface area contributed by atoms with Crippen molar-refractivity contribution in [2.75, 3.05) is 18.8 Å². The summed E-state index contributed by atoms with van der Waals surface area (Å²) in [6, 6.07) is 8.16. The van der Waals surface area contributed by atoms with Crippen molar-refractivity contribution in [1.29, 1.82) is 0 Å². The number of para-hydroxylation sites is 1. The number of carbonyl (C=O) groups is 1. The minimum atomic E-state index is -0.649. The summed E-state index contributed by atoms with van der Waals surface area (Å²) in [6.45, 7) is 2.90. The van der Waals surface area contributed by atoms with E-state index in [1.165, 1.54) is 10.8 Å². The van der Waals surface area contributed by atoms with Gasteiger partial charge >= 0.3 is 0 Å². The van der Waals surface area contributed by atoms with Crippen molar-refractivity contribution in [3.8, 4) is 0 Å². The molecule has 5 aliphatic rings. The van der Waals surface area contributed by atoms with Crippen LogP contribution in [0, 0.1) is 11.8 Å². The van der Waals surface area contributed by atoms with Gasteiger partial charge in [-0.2, -0.15) is 5.06 Å². The number of rotatable bonds is 2. The van der Waals surface area contributed by atoms with Crippen LogP contribution in [-0.4, -0.2) is 37.5 Å². The zero-order valence-corrected chi connectivity index (χ0v) is 14.1. The van der Waals surface area contributed by atoms with Crippen LogP contribution in [0.5, 0.6) is 0 Å². The molecule has 6 rings (SSSR count). The summed E-state index contributed by atoms with van der Waals surface area (Å²) in [5, 5.41) is 1.45. The third kappa shape index (κ3) is 1.57. The second-order valence-corrected chi connectivity index (χ2v) is 7.34. The Kier molecular flexibility index (Phi) is 2.98. The van der Waals surface area contributed by atoms with E-state index in [1.54, 1.807) is 7.11 Å². The van der Waals surface area contributed by atoms with Crippen LogP contribution in [0.4, 0.5) is 5.69 Å². The van der Waals surface area contributed by atoms with Crippen LogP contribution in [0.25, 0.3) is 0 Å². The van der Waals surface area contributed by atoms with Crippen LogP contribution in [0.3, 0.4) is 0 Å². The number of hydrogen-bond donors (Lipinski definition) is 0. The summed E-state index contributed by atoms with van der Waals surface area (Å²) in [5.74, 6) is 0.930. The molecule has 1 spiro atoms. The third-order valence-electron chi connectivity index (χ3n) is 6.52. The lowest BCUT2D eigenvalue weighted by Gasteiger charge is -2.38. The molecule has 24 heavy (non-hydrogen) atoms. The number of anilines is 1. The Labute approximate surface area is 141 Å². The molecule has 0 radical (unpaired) electrons. The van der Waals surface area contributed by atoms with Crippen molar-refractivity contribution in [3.63, 3.8) is 0 Å². The molecular formula is C19H22N2O3. The van der Waals surface area contributed by atoms with E-state index < -0.39 is 5.41 Å². The van der Waals surface area contributed by atoms with Gasteiger partial charge in [0.15, 0.2) is 0 Å². The molecular weight excluding hydrogens is 304 g/mol. The maximum Gasteiger partial charge on any atom is 0.264 e. The number of benzene rings is 1. The van der Waals surface area contributed by atoms with E-state index in [9.17, 15) is 4.79 Å². The molecule has 2 saturated heterocycles. The zero-order valence-electron chi connectivity index (χ0n) is 14.1. The third-order valence-corrected chi connectivity index (χ3v) is 6.52. The standard InChI is InChI=1S/C19H22N2O3/c1-3-14-11-8-17-19(9-15(20-14)12(11)10-24-17)13-6-4-5-7-16(13)21(23-2)18(19)22/h4-7,11-12,15,17H,3,8-10H2,1-2H3/t11?,12-,15+,17+,19+/m1/s1. The molecule has 5 heteroatoms. The van der Waals surface area contributed by atoms with Crippen LogP contribution in [0.1, 0.15) is 31.7 Å². The Bertz CT molecular complexity index is 746. The minimum absolute atomic E-state index is 0.0117. The largest absolute Gasteiger partial charge is 0.376 e. The van der Waals surface area contributed by atoms with Crippen molar-refractivity contribution in [1.82, 2.24) is 0 Å². The Morgan fingerprint density at radius 2 is 2.25 bits per heavy atom. The van der Waals surface area contributed by atoms with Gasteiger partial charge in [-0.15, -0.1) is 0 Å². The van der Waals surface area contributed by atoms with E-state index in [2.05, 4.69) is 13.0 Å². The molecule has 5 atom stereocenters. The molecule has 5 nitrogen and oxygen atoms in total. The van der Waals surface area contributed by atoms with Gasteiger partial charge in [-0.1, -0.05) is 25.1 Å². The lowest BCUT2D eigenvalue weighted by atomic mass is 9.71. The summed E-state index contributed by atoms with van der Waals surface area (Å²) < 4.78 is 6.26. The predicted octanol–water partition coefficient (Wildman–Crippen LogP) is 2.49. The van der Waals surface area contributed by atoms with Crippen LogP contribution in [0.15, 0.2) is 29.3 Å². The Morgan fingerprint density at radius 1 is 1.42 bits per heavy atom. The SMILES string of the molecule is CCC1=N[C@H]2C[C@@]3(C(=O)N(OC)c4ccccc43)[C@@H]3CC1[C@H]2CO3. The highest BCUT2D eigenvalue weighted by Crippen LogP contribution is 2.56. The second-order valence-electron chi connectivity index (χ2n) is 7.34. The lowest BCUT2D eigenvalue weighted by Crippen LogP contribution is -2.51. The van der Waals surface area contributed by atoms with Gasteiger partial charge in [-0.25, -0.2) is 0 Å².